The third-order valence-electron chi connectivity index (χ3n) is 23.0. The minimum atomic E-state index is -1.80. The van der Waals surface area contributed by atoms with E-state index in [0.717, 1.165) is 6.92 Å². The first-order valence-electron chi connectivity index (χ1n) is 48.3. The molecule has 0 unspecified atom stereocenters. The number of rotatable bonds is 67. The maximum atomic E-state index is 14.9. The molecule has 0 bridgehead atoms. The number of thiol groups is 1. The third-order valence-corrected chi connectivity index (χ3v) is 24.0. The van der Waals surface area contributed by atoms with Gasteiger partial charge in [-0.25, -0.2) is 14.8 Å². The first-order valence-corrected chi connectivity index (χ1v) is 50.3. The number of amides is 19. The van der Waals surface area contributed by atoms with Crippen molar-refractivity contribution in [2.45, 2.75) is 262 Å². The number of H-pyrrole nitrogens is 2. The van der Waals surface area contributed by atoms with Crippen LogP contribution in [-0.4, -0.2) is 342 Å². The Balaban J connectivity index is 1.46. The van der Waals surface area contributed by atoms with Crippen molar-refractivity contribution >= 4 is 155 Å². The van der Waals surface area contributed by atoms with Crippen LogP contribution in [0.25, 0.3) is 0 Å². The van der Waals surface area contributed by atoms with Crippen LogP contribution in [0.4, 0.5) is 0 Å². The zero-order valence-electron chi connectivity index (χ0n) is 85.2. The number of aliphatic carboxylic acids is 1. The minimum Gasteiger partial charge on any atom is -0.480 e. The van der Waals surface area contributed by atoms with E-state index in [1.54, 1.807) is 108 Å². The topological polar surface area (TPSA) is 858 Å². The molecule has 0 saturated carbocycles. The van der Waals surface area contributed by atoms with Gasteiger partial charge in [-0.15, -0.1) is 0 Å². The van der Waals surface area contributed by atoms with Gasteiger partial charge in [-0.05, 0) is 114 Å². The molecule has 0 saturated heterocycles. The summed E-state index contributed by atoms with van der Waals surface area (Å²) in [5.74, 6) is -21.9. The van der Waals surface area contributed by atoms with Gasteiger partial charge in [0, 0.05) is 68.3 Å². The molecule has 4 aromatic rings. The molecule has 19 amide bonds. The molecule has 0 radical (unpaired) electrons. The summed E-state index contributed by atoms with van der Waals surface area (Å²) >= 11 is 5.52. The fourth-order valence-electron chi connectivity index (χ4n) is 14.3. The van der Waals surface area contributed by atoms with E-state index in [1.165, 1.54) is 64.5 Å². The zero-order chi connectivity index (χ0) is 111. The molecular formula is C93H146N30O24S2. The van der Waals surface area contributed by atoms with E-state index in [0.29, 0.717) is 28.9 Å². The number of thioether (sulfide) groups is 1. The molecule has 4 rings (SSSR count). The fourth-order valence-corrected chi connectivity index (χ4v) is 15.0. The van der Waals surface area contributed by atoms with Crippen molar-refractivity contribution in [3.63, 3.8) is 0 Å². The average Bonchev–Trinajstić information content (AvgIpc) is 1.77. The molecule has 0 aliphatic rings. The van der Waals surface area contributed by atoms with Crippen molar-refractivity contribution in [2.24, 2.45) is 35.0 Å². The zero-order valence-corrected chi connectivity index (χ0v) is 86.9. The molecule has 0 spiro atoms. The second-order valence-corrected chi connectivity index (χ2v) is 37.6. The van der Waals surface area contributed by atoms with Gasteiger partial charge in [0.2, 0.25) is 112 Å². The highest BCUT2D eigenvalue weighted by atomic mass is 32.2. The maximum Gasteiger partial charge on any atom is 0.328 e. The van der Waals surface area contributed by atoms with Crippen LogP contribution in [0.3, 0.4) is 0 Å². The van der Waals surface area contributed by atoms with Gasteiger partial charge in [0.25, 0.3) is 0 Å². The van der Waals surface area contributed by atoms with Gasteiger partial charge in [-0.3, -0.25) is 102 Å². The number of aromatic amines is 2. The first kappa shape index (κ1) is 127. The number of carboxylic acid groups (broad SMARTS) is 1. The number of hydrogen-bond donors (Lipinski definition) is 33. The number of carbonyl (C=O) groups is 20. The summed E-state index contributed by atoms with van der Waals surface area (Å²) in [4.78, 5) is 290. The number of aliphatic hydroxyl groups is 3. The van der Waals surface area contributed by atoms with Crippen molar-refractivity contribution in [3.8, 4) is 0 Å². The lowest BCUT2D eigenvalue weighted by Gasteiger charge is -2.30. The highest BCUT2D eigenvalue weighted by Crippen LogP contribution is 2.17. The van der Waals surface area contributed by atoms with E-state index < -0.39 is 277 Å². The van der Waals surface area contributed by atoms with Crippen LogP contribution in [0, 0.1) is 28.6 Å². The number of nitrogens with zero attached hydrogens (tertiary/aromatic N) is 2. The molecule has 0 aliphatic heterocycles. The Morgan fingerprint density at radius 1 is 0.396 bits per heavy atom. The smallest absolute Gasteiger partial charge is 0.328 e. The highest BCUT2D eigenvalue weighted by Gasteiger charge is 2.41. The molecule has 2 aromatic carbocycles. The van der Waals surface area contributed by atoms with Crippen molar-refractivity contribution in [2.75, 3.05) is 57.2 Å². The summed E-state index contributed by atoms with van der Waals surface area (Å²) in [7, 11) is 0. The fraction of sp³-hybridized carbons (Fsp3) is 0.570. The number of nitrogens with one attached hydrogen (secondary N) is 25. The Morgan fingerprint density at radius 3 is 1.22 bits per heavy atom. The van der Waals surface area contributed by atoms with Crippen LogP contribution in [0.2, 0.25) is 0 Å². The number of guanidine groups is 2. The summed E-state index contributed by atoms with van der Waals surface area (Å²) < 4.78 is 0. The van der Waals surface area contributed by atoms with Gasteiger partial charge >= 0.3 is 5.97 Å². The molecule has 2 aromatic heterocycles. The molecule has 2 heterocycles. The van der Waals surface area contributed by atoms with E-state index in [2.05, 4.69) is 139 Å². The quantitative estimate of drug-likeness (QED) is 0.00845. The van der Waals surface area contributed by atoms with Gasteiger partial charge in [0.15, 0.2) is 11.9 Å². The molecule has 0 fully saturated rings. The minimum absolute atomic E-state index is 0.00935. The van der Waals surface area contributed by atoms with Crippen LogP contribution >= 0.6 is 24.4 Å². The molecule has 824 valence electrons. The lowest BCUT2D eigenvalue weighted by molar-refractivity contribution is -0.143. The molecular weight excluding hydrogens is 1990 g/mol. The van der Waals surface area contributed by atoms with E-state index in [1.807, 2.05) is 5.32 Å². The Labute approximate surface area is 870 Å². The van der Waals surface area contributed by atoms with E-state index in [-0.39, 0.29) is 101 Å². The number of imidazole rings is 2. The molecule has 56 heteroatoms. The summed E-state index contributed by atoms with van der Waals surface area (Å²) in [6.07, 6.45) is 5.26. The monoisotopic (exact) mass is 2130 g/mol. The van der Waals surface area contributed by atoms with Crippen LogP contribution in [0.15, 0.2) is 85.7 Å². The molecule has 149 heavy (non-hydrogen) atoms. The van der Waals surface area contributed by atoms with Crippen LogP contribution < -0.4 is 129 Å². The molecule has 35 N–H and O–H groups in total. The van der Waals surface area contributed by atoms with Gasteiger partial charge in [-0.1, -0.05) is 109 Å². The predicted molar refractivity (Wildman–Crippen MR) is 547 cm³/mol. The Hall–Kier alpha value is -14.7. The first-order chi connectivity index (χ1) is 70.4. The Kier molecular flexibility index (Phi) is 56.0. The molecule has 0 aliphatic carbocycles. The predicted octanol–water partition coefficient (Wildman–Crippen LogP) is -9.31. The number of aromatic nitrogens is 4. The van der Waals surface area contributed by atoms with Crippen LogP contribution in [0.1, 0.15) is 144 Å². The number of carbonyl (C=O) groups excluding carboxylic acids is 19. The maximum absolute atomic E-state index is 14.9. The second kappa shape index (κ2) is 65.8. The van der Waals surface area contributed by atoms with Gasteiger partial charge in [0.05, 0.1) is 51.1 Å². The number of benzene rings is 2. The van der Waals surface area contributed by atoms with Crippen molar-refractivity contribution in [3.05, 3.63) is 108 Å². The summed E-state index contributed by atoms with van der Waals surface area (Å²) in [6.45, 7) is 12.7. The van der Waals surface area contributed by atoms with E-state index in [4.69, 9.17) is 28.0 Å². The van der Waals surface area contributed by atoms with Crippen LogP contribution in [0.5, 0.6) is 0 Å². The second-order valence-electron chi connectivity index (χ2n) is 36.2. The van der Waals surface area contributed by atoms with E-state index in [9.17, 15) is 116 Å². The summed E-state index contributed by atoms with van der Waals surface area (Å²) in [5, 5.41) is 107. The van der Waals surface area contributed by atoms with Gasteiger partial charge in [-0.2, -0.15) is 24.4 Å². The SMILES string of the molecule is CC[C@H](C)[C@H](NC(=O)[C@H](CC(C)C)NC(=O)[C@H](C)NC(=O)CNC(=O)CNC(=O)[C@H](CS)NC(=O)[C@H](Cc1ccccc1)NC(=O)[C@H](Cc1cnc[nH]1)NC(=O)[C@@H](N)CCCNC(=N)N)C(=O)N[C@@H](Cc1cnc[nH]1)C(=O)N[C@@H](C)C(=O)N[C@@H](CCCNC(=N)N)C(=O)N[C@@H](Cc1ccccc1)C(=O)N[C@H](C(=O)N[C@@H](CCSC)C(=O)N[C@H](C(=O)N[C@@H](C)C(=O)N[C@@H](C)C(=O)N[C@@H](CO)C(=O)N[C@@H](CO)C(=O)O)[C@@H](C)O)C(C)C. The largest absolute Gasteiger partial charge is 0.480 e. The standard InChI is InChI=1S/C93H146N30O24S2/c1-13-48(6)72(122-85(140)61(32-46(2)3)113-75(130)49(7)107-70(128)40-103-69(127)39-104-79(134)68(43-148)120-83(138)62(33-54-22-16-14-17-23-54)116-84(139)65(36-57-38-100-45-106-57)114-78(133)58(94)26-20-29-101-92(95)96)89(144)117-64(35-56-37-99-44-105-56)82(137)109-52(10)76(131)111-59(27-21-30-102-93(97)98)80(135)115-63(34-55-24-18-15-19-25-55)86(141)121-71(47(4)5)88(143)112-60(28-31-149-12)81(136)123-73(53(11)126)90(145)110-50(8)74(129)108-51(9)77(132)118-66(41-124)87(142)119-67(42-125)91(146)147/h14-19,22-25,37-38,44-53,58-68,71-73,124-126,148H,13,20-21,26-36,39-43,94H2,1-12H3,(H,99,105)(H,100,106)(H,103,127)(H,104,134)(H,107,128)(H,108,129)(H,109,137)(H,110,145)(H,111,131)(H,112,143)(H,113,130)(H,114,133)(H,115,135)(H,116,139)(H,117,144)(H,118,132)(H,119,142)(H,120,138)(H,121,141)(H,122,140)(H,123,136)(H,146,147)(H4,95,96,101)(H4,97,98,102)/t48-,49-,50-,51-,52-,53+,58-,59-,60-,61-,62-,63-,64-,65-,66-,67-,68-,71-,72-,73-/m0/s1. The highest BCUT2D eigenvalue weighted by molar-refractivity contribution is 7.98. The molecule has 54 nitrogen and oxygen atoms in total. The number of aliphatic hydroxyl groups excluding tert-OH is 3. The average molecular weight is 2130 g/mol. The molecule has 20 atom stereocenters. The summed E-state index contributed by atoms with van der Waals surface area (Å²) in [5.41, 5.74) is 18.9. The lowest BCUT2D eigenvalue weighted by Crippen LogP contribution is -2.62. The van der Waals surface area contributed by atoms with Gasteiger partial charge < -0.3 is 159 Å². The number of hydrogen-bond acceptors (Lipinski definition) is 30. The van der Waals surface area contributed by atoms with Crippen molar-refractivity contribution < 1.29 is 116 Å². The number of nitrogens with two attached hydrogens (primary N) is 3. The third kappa shape index (κ3) is 46.1. The van der Waals surface area contributed by atoms with Crippen LogP contribution in [-0.2, 0) is 122 Å². The van der Waals surface area contributed by atoms with Crippen molar-refractivity contribution in [1.82, 2.24) is 132 Å². The summed E-state index contributed by atoms with van der Waals surface area (Å²) in [6, 6.07) is -9.83. The Bertz CT molecular complexity index is 5110. The normalized spacial score (nSPS) is 15.1. The van der Waals surface area contributed by atoms with Crippen molar-refractivity contribution in [1.29, 1.82) is 10.8 Å². The van der Waals surface area contributed by atoms with E-state index >= 15 is 0 Å². The number of carboxylic acids is 1. The Morgan fingerprint density at radius 2 is 0.758 bits per heavy atom. The lowest BCUT2D eigenvalue weighted by atomic mass is 9.96. The van der Waals surface area contributed by atoms with Gasteiger partial charge in [0.1, 0.15) is 103 Å².